The van der Waals surface area contributed by atoms with E-state index in [0.29, 0.717) is 5.92 Å². The fourth-order valence-electron chi connectivity index (χ4n) is 2.07. The van der Waals surface area contributed by atoms with Gasteiger partial charge in [-0.15, -0.1) is 5.10 Å². The van der Waals surface area contributed by atoms with Gasteiger partial charge in [0.15, 0.2) is 0 Å². The van der Waals surface area contributed by atoms with Gasteiger partial charge < -0.3 is 10.4 Å². The van der Waals surface area contributed by atoms with Crippen molar-refractivity contribution in [2.75, 3.05) is 18.8 Å². The summed E-state index contributed by atoms with van der Waals surface area (Å²) >= 11 is 1.67. The van der Waals surface area contributed by atoms with Gasteiger partial charge in [-0.2, -0.15) is 4.68 Å². The normalized spacial score (nSPS) is 18.8. The van der Waals surface area contributed by atoms with Crippen molar-refractivity contribution in [2.45, 2.75) is 11.6 Å². The van der Waals surface area contributed by atoms with Crippen LogP contribution in [0.15, 0.2) is 29.4 Å². The van der Waals surface area contributed by atoms with Crippen LogP contribution in [0.3, 0.4) is 0 Å². The second kappa shape index (κ2) is 5.58. The van der Waals surface area contributed by atoms with Crippen LogP contribution in [0.25, 0.3) is 5.69 Å². The van der Waals surface area contributed by atoms with Gasteiger partial charge in [-0.05, 0) is 60.1 Å². The molecule has 0 spiro atoms. The minimum atomic E-state index is 0.239. The molecule has 1 aromatic carbocycles. The molecule has 0 bridgehead atoms. The van der Waals surface area contributed by atoms with E-state index >= 15 is 0 Å². The molecule has 2 aromatic rings. The highest BCUT2D eigenvalue weighted by molar-refractivity contribution is 7.99. The minimum Gasteiger partial charge on any atom is -0.508 e. The fourth-order valence-corrected chi connectivity index (χ4v) is 3.10. The maximum Gasteiger partial charge on any atom is 0.214 e. The summed E-state index contributed by atoms with van der Waals surface area (Å²) in [7, 11) is 0. The summed E-state index contributed by atoms with van der Waals surface area (Å²) in [6.45, 7) is 2.18. The zero-order valence-corrected chi connectivity index (χ0v) is 11.2. The molecule has 0 amide bonds. The van der Waals surface area contributed by atoms with E-state index in [1.807, 2.05) is 0 Å². The van der Waals surface area contributed by atoms with E-state index in [9.17, 15) is 5.11 Å². The zero-order valence-electron chi connectivity index (χ0n) is 10.4. The third-order valence-electron chi connectivity index (χ3n) is 3.15. The molecule has 0 saturated carbocycles. The van der Waals surface area contributed by atoms with Crippen molar-refractivity contribution in [3.63, 3.8) is 0 Å². The van der Waals surface area contributed by atoms with Gasteiger partial charge in [0, 0.05) is 5.75 Å². The lowest BCUT2D eigenvalue weighted by molar-refractivity contribution is 0.475. The Labute approximate surface area is 115 Å². The summed E-state index contributed by atoms with van der Waals surface area (Å²) < 4.78 is 1.70. The van der Waals surface area contributed by atoms with Gasteiger partial charge in [0.1, 0.15) is 5.75 Å². The van der Waals surface area contributed by atoms with Gasteiger partial charge in [0.25, 0.3) is 0 Å². The molecule has 100 valence electrons. The molecule has 0 radical (unpaired) electrons. The van der Waals surface area contributed by atoms with Crippen molar-refractivity contribution in [3.05, 3.63) is 24.3 Å². The maximum absolute atomic E-state index is 9.30. The first-order chi connectivity index (χ1) is 9.33. The van der Waals surface area contributed by atoms with Crippen LogP contribution in [0, 0.1) is 5.92 Å². The molecular formula is C12H15N5OS. The topological polar surface area (TPSA) is 75.9 Å². The quantitative estimate of drug-likeness (QED) is 0.814. The molecule has 1 aromatic heterocycles. The van der Waals surface area contributed by atoms with Crippen molar-refractivity contribution in [3.8, 4) is 11.4 Å². The van der Waals surface area contributed by atoms with E-state index in [1.165, 1.54) is 6.42 Å². The number of aromatic hydroxyl groups is 1. The molecule has 1 saturated heterocycles. The minimum absolute atomic E-state index is 0.239. The average molecular weight is 277 g/mol. The number of hydrogen-bond donors (Lipinski definition) is 2. The molecule has 1 aliphatic heterocycles. The number of hydrogen-bond acceptors (Lipinski definition) is 6. The molecule has 7 heteroatoms. The molecule has 0 aliphatic carbocycles. The number of tetrazole rings is 1. The molecule has 3 rings (SSSR count). The van der Waals surface area contributed by atoms with E-state index in [-0.39, 0.29) is 5.75 Å². The van der Waals surface area contributed by atoms with Gasteiger partial charge in [0.2, 0.25) is 5.16 Å². The van der Waals surface area contributed by atoms with E-state index in [4.69, 9.17) is 0 Å². The Hall–Kier alpha value is -1.60. The maximum atomic E-state index is 9.30. The van der Waals surface area contributed by atoms with Crippen molar-refractivity contribution in [1.29, 1.82) is 0 Å². The third kappa shape index (κ3) is 2.87. The number of benzene rings is 1. The number of nitrogens with zero attached hydrogens (tertiary/aromatic N) is 4. The fraction of sp³-hybridized carbons (Fsp3) is 0.417. The SMILES string of the molecule is Oc1ccc(-n2nnnc2SCC2CCNC2)cc1. The number of phenolic OH excluding ortho intramolecular Hbond substituents is 1. The van der Waals surface area contributed by atoms with Crippen LogP contribution in [0.2, 0.25) is 0 Å². The second-order valence-electron chi connectivity index (χ2n) is 4.56. The summed E-state index contributed by atoms with van der Waals surface area (Å²) in [5, 5.41) is 25.2. The Morgan fingerprint density at radius 2 is 2.21 bits per heavy atom. The highest BCUT2D eigenvalue weighted by atomic mass is 32.2. The van der Waals surface area contributed by atoms with Crippen molar-refractivity contribution in [2.24, 2.45) is 5.92 Å². The first kappa shape index (κ1) is 12.4. The Bertz CT molecular complexity index is 535. The van der Waals surface area contributed by atoms with Crippen LogP contribution in [0.1, 0.15) is 6.42 Å². The summed E-state index contributed by atoms with van der Waals surface area (Å²) in [6, 6.07) is 6.86. The van der Waals surface area contributed by atoms with E-state index in [2.05, 4.69) is 20.8 Å². The number of thioether (sulfide) groups is 1. The molecule has 2 heterocycles. The third-order valence-corrected chi connectivity index (χ3v) is 4.30. The smallest absolute Gasteiger partial charge is 0.214 e. The first-order valence-electron chi connectivity index (χ1n) is 6.24. The Morgan fingerprint density at radius 1 is 1.37 bits per heavy atom. The lowest BCUT2D eigenvalue weighted by Crippen LogP contribution is -2.10. The summed E-state index contributed by atoms with van der Waals surface area (Å²) in [6.07, 6.45) is 1.22. The van der Waals surface area contributed by atoms with Crippen molar-refractivity contribution in [1.82, 2.24) is 25.5 Å². The highest BCUT2D eigenvalue weighted by Crippen LogP contribution is 2.23. The highest BCUT2D eigenvalue weighted by Gasteiger charge is 2.17. The average Bonchev–Trinajstić information content (AvgIpc) is 3.08. The number of phenols is 1. The van der Waals surface area contributed by atoms with Gasteiger partial charge in [-0.1, -0.05) is 11.8 Å². The van der Waals surface area contributed by atoms with E-state index < -0.39 is 0 Å². The standard InChI is InChI=1S/C12H15N5OS/c18-11-3-1-10(2-4-11)17-12(14-15-16-17)19-8-9-5-6-13-7-9/h1-4,9,13,18H,5-8H2. The van der Waals surface area contributed by atoms with E-state index in [0.717, 1.165) is 29.7 Å². The van der Waals surface area contributed by atoms with Gasteiger partial charge in [-0.25, -0.2) is 0 Å². The molecule has 1 fully saturated rings. The largest absolute Gasteiger partial charge is 0.508 e. The van der Waals surface area contributed by atoms with Crippen molar-refractivity contribution < 1.29 is 5.11 Å². The lowest BCUT2D eigenvalue weighted by Gasteiger charge is -2.07. The number of aromatic nitrogens is 4. The Kier molecular flexibility index (Phi) is 3.65. The number of rotatable bonds is 4. The van der Waals surface area contributed by atoms with Crippen LogP contribution in [-0.2, 0) is 0 Å². The molecule has 1 unspecified atom stereocenters. The van der Waals surface area contributed by atoms with E-state index in [1.54, 1.807) is 40.7 Å². The summed E-state index contributed by atoms with van der Waals surface area (Å²) in [5.41, 5.74) is 0.856. The Morgan fingerprint density at radius 3 is 2.95 bits per heavy atom. The summed E-state index contributed by atoms with van der Waals surface area (Å²) in [4.78, 5) is 0. The van der Waals surface area contributed by atoms with Crippen LogP contribution in [0.5, 0.6) is 5.75 Å². The Balaban J connectivity index is 1.72. The molecule has 19 heavy (non-hydrogen) atoms. The lowest BCUT2D eigenvalue weighted by atomic mass is 10.2. The molecule has 2 N–H and O–H groups in total. The molecular weight excluding hydrogens is 262 g/mol. The first-order valence-corrected chi connectivity index (χ1v) is 7.23. The van der Waals surface area contributed by atoms with Crippen molar-refractivity contribution >= 4 is 11.8 Å². The van der Waals surface area contributed by atoms with Gasteiger partial charge in [0.05, 0.1) is 5.69 Å². The van der Waals surface area contributed by atoms with Crippen LogP contribution < -0.4 is 5.32 Å². The number of nitrogens with one attached hydrogen (secondary N) is 1. The zero-order chi connectivity index (χ0) is 13.1. The second-order valence-corrected chi connectivity index (χ2v) is 5.55. The summed E-state index contributed by atoms with van der Waals surface area (Å²) in [5.74, 6) is 1.95. The van der Waals surface area contributed by atoms with Gasteiger partial charge >= 0.3 is 0 Å². The molecule has 6 nitrogen and oxygen atoms in total. The van der Waals surface area contributed by atoms with Crippen LogP contribution >= 0.6 is 11.8 Å². The molecule has 1 aliphatic rings. The monoisotopic (exact) mass is 277 g/mol. The predicted octanol–water partition coefficient (Wildman–Crippen LogP) is 1.07. The van der Waals surface area contributed by atoms with Gasteiger partial charge in [-0.3, -0.25) is 0 Å². The van der Waals surface area contributed by atoms with Crippen LogP contribution in [-0.4, -0.2) is 44.2 Å². The predicted molar refractivity (Wildman–Crippen MR) is 72.5 cm³/mol. The molecule has 1 atom stereocenters. The van der Waals surface area contributed by atoms with Crippen LogP contribution in [0.4, 0.5) is 0 Å².